The van der Waals surface area contributed by atoms with Gasteiger partial charge < -0.3 is 15.4 Å². The molecule has 0 bridgehead atoms. The highest BCUT2D eigenvalue weighted by molar-refractivity contribution is 9.10. The predicted molar refractivity (Wildman–Crippen MR) is 65.5 cm³/mol. The molecule has 2 unspecified atom stereocenters. The maximum Gasteiger partial charge on any atom is 0.232 e. The van der Waals surface area contributed by atoms with Crippen molar-refractivity contribution >= 4 is 27.7 Å². The Labute approximate surface area is 107 Å². The molecule has 1 amide bonds. The van der Waals surface area contributed by atoms with Gasteiger partial charge in [0.2, 0.25) is 5.91 Å². The summed E-state index contributed by atoms with van der Waals surface area (Å²) in [6, 6.07) is 0.0541. The van der Waals surface area contributed by atoms with Gasteiger partial charge in [-0.25, -0.2) is 9.97 Å². The maximum atomic E-state index is 12.0. The van der Waals surface area contributed by atoms with Gasteiger partial charge in [-0.15, -0.1) is 0 Å². The Morgan fingerprint density at radius 3 is 2.94 bits per heavy atom. The second kappa shape index (κ2) is 5.52. The molecule has 1 aliphatic rings. The van der Waals surface area contributed by atoms with Crippen molar-refractivity contribution in [1.82, 2.24) is 15.3 Å². The molecule has 0 spiro atoms. The molecule has 0 aliphatic carbocycles. The highest BCUT2D eigenvalue weighted by atomic mass is 79.9. The SMILES string of the molecule is CNC1COCC1C(=O)Nc1cnc(Br)cn1. The number of nitrogens with zero attached hydrogens (tertiary/aromatic N) is 2. The van der Waals surface area contributed by atoms with Gasteiger partial charge in [0.1, 0.15) is 4.60 Å². The minimum atomic E-state index is -0.189. The average molecular weight is 301 g/mol. The highest BCUT2D eigenvalue weighted by Crippen LogP contribution is 2.15. The van der Waals surface area contributed by atoms with Crippen LogP contribution in [0.5, 0.6) is 0 Å². The van der Waals surface area contributed by atoms with Crippen LogP contribution in [0.4, 0.5) is 5.82 Å². The van der Waals surface area contributed by atoms with Crippen molar-refractivity contribution in [3.05, 3.63) is 17.0 Å². The molecule has 0 radical (unpaired) electrons. The lowest BCUT2D eigenvalue weighted by atomic mass is 10.0. The van der Waals surface area contributed by atoms with Crippen LogP contribution in [0, 0.1) is 5.92 Å². The molecule has 92 valence electrons. The maximum absolute atomic E-state index is 12.0. The monoisotopic (exact) mass is 300 g/mol. The molecule has 1 aromatic heterocycles. The molecule has 1 saturated heterocycles. The largest absolute Gasteiger partial charge is 0.379 e. The van der Waals surface area contributed by atoms with Crippen molar-refractivity contribution in [2.24, 2.45) is 5.92 Å². The molecule has 2 atom stereocenters. The standard InChI is InChI=1S/C10H13BrN4O2/c1-12-7-5-17-4-6(7)10(16)15-9-3-13-8(11)2-14-9/h2-3,6-7,12H,4-5H2,1H3,(H,14,15,16). The summed E-state index contributed by atoms with van der Waals surface area (Å²) in [4.78, 5) is 20.0. The van der Waals surface area contributed by atoms with E-state index in [0.717, 1.165) is 0 Å². The number of rotatable bonds is 3. The Morgan fingerprint density at radius 1 is 1.47 bits per heavy atom. The summed E-state index contributed by atoms with van der Waals surface area (Å²) in [5.41, 5.74) is 0. The number of hydrogen-bond acceptors (Lipinski definition) is 5. The zero-order valence-electron chi connectivity index (χ0n) is 9.31. The summed E-state index contributed by atoms with van der Waals surface area (Å²) in [5.74, 6) is 0.156. The minimum absolute atomic E-state index is 0.0541. The molecule has 17 heavy (non-hydrogen) atoms. The van der Waals surface area contributed by atoms with Crippen LogP contribution in [0.25, 0.3) is 0 Å². The fourth-order valence-corrected chi connectivity index (χ4v) is 1.90. The van der Waals surface area contributed by atoms with E-state index in [-0.39, 0.29) is 17.9 Å². The van der Waals surface area contributed by atoms with E-state index in [9.17, 15) is 4.79 Å². The number of nitrogens with one attached hydrogen (secondary N) is 2. The normalized spacial score (nSPS) is 23.6. The Kier molecular flexibility index (Phi) is 4.03. The van der Waals surface area contributed by atoms with Crippen LogP contribution in [-0.2, 0) is 9.53 Å². The molecule has 6 nitrogen and oxygen atoms in total. The molecule has 2 N–H and O–H groups in total. The van der Waals surface area contributed by atoms with Gasteiger partial charge in [0, 0.05) is 6.04 Å². The first kappa shape index (κ1) is 12.4. The van der Waals surface area contributed by atoms with Crippen LogP contribution in [0.2, 0.25) is 0 Å². The van der Waals surface area contributed by atoms with Crippen molar-refractivity contribution in [2.75, 3.05) is 25.6 Å². The van der Waals surface area contributed by atoms with E-state index in [4.69, 9.17) is 4.74 Å². The second-order valence-corrected chi connectivity index (χ2v) is 4.57. The third kappa shape index (κ3) is 2.99. The van der Waals surface area contributed by atoms with Gasteiger partial charge in [-0.2, -0.15) is 0 Å². The quantitative estimate of drug-likeness (QED) is 0.846. The summed E-state index contributed by atoms with van der Waals surface area (Å²) in [6.07, 6.45) is 3.04. The lowest BCUT2D eigenvalue weighted by Gasteiger charge is -2.15. The van der Waals surface area contributed by atoms with Crippen LogP contribution < -0.4 is 10.6 Å². The number of aromatic nitrogens is 2. The van der Waals surface area contributed by atoms with Gasteiger partial charge in [-0.05, 0) is 23.0 Å². The van der Waals surface area contributed by atoms with E-state index < -0.39 is 0 Å². The number of ether oxygens (including phenoxy) is 1. The third-order valence-electron chi connectivity index (χ3n) is 2.66. The molecule has 7 heteroatoms. The Balaban J connectivity index is 1.99. The van der Waals surface area contributed by atoms with Crippen LogP contribution in [0.15, 0.2) is 17.0 Å². The summed E-state index contributed by atoms with van der Waals surface area (Å²) >= 11 is 3.18. The first-order valence-electron chi connectivity index (χ1n) is 5.24. The minimum Gasteiger partial charge on any atom is -0.379 e. The van der Waals surface area contributed by atoms with Crippen LogP contribution in [0.3, 0.4) is 0 Å². The van der Waals surface area contributed by atoms with Crippen LogP contribution >= 0.6 is 15.9 Å². The van der Waals surface area contributed by atoms with Crippen LogP contribution in [0.1, 0.15) is 0 Å². The number of hydrogen-bond donors (Lipinski definition) is 2. The molecule has 1 aliphatic heterocycles. The fourth-order valence-electron chi connectivity index (χ4n) is 1.69. The summed E-state index contributed by atoms with van der Waals surface area (Å²) in [5, 5.41) is 5.78. The van der Waals surface area contributed by atoms with Gasteiger partial charge >= 0.3 is 0 Å². The van der Waals surface area contributed by atoms with Gasteiger partial charge in [-0.1, -0.05) is 0 Å². The number of halogens is 1. The van der Waals surface area contributed by atoms with Gasteiger partial charge in [0.25, 0.3) is 0 Å². The van der Waals surface area contributed by atoms with E-state index in [1.807, 2.05) is 7.05 Å². The average Bonchev–Trinajstić information content (AvgIpc) is 2.80. The Hall–Kier alpha value is -1.05. The summed E-state index contributed by atoms with van der Waals surface area (Å²) in [6.45, 7) is 0.988. The molecule has 2 rings (SSSR count). The molecule has 0 aromatic carbocycles. The van der Waals surface area contributed by atoms with E-state index in [2.05, 4.69) is 36.5 Å². The second-order valence-electron chi connectivity index (χ2n) is 3.75. The number of likely N-dealkylation sites (N-methyl/N-ethyl adjacent to an activating group) is 1. The third-order valence-corrected chi connectivity index (χ3v) is 3.07. The first-order chi connectivity index (χ1) is 8.20. The summed E-state index contributed by atoms with van der Waals surface area (Å²) < 4.78 is 5.90. The topological polar surface area (TPSA) is 76.1 Å². The molecule has 1 fully saturated rings. The van der Waals surface area contributed by atoms with Crippen molar-refractivity contribution in [2.45, 2.75) is 6.04 Å². The lowest BCUT2D eigenvalue weighted by molar-refractivity contribution is -0.120. The predicted octanol–water partition coefficient (Wildman–Crippen LogP) is 0.412. The number of carbonyl (C=O) groups is 1. The number of anilines is 1. The van der Waals surface area contributed by atoms with E-state index in [1.54, 1.807) is 0 Å². The zero-order valence-corrected chi connectivity index (χ0v) is 10.9. The fraction of sp³-hybridized carbons (Fsp3) is 0.500. The van der Waals surface area contributed by atoms with Gasteiger partial charge in [0.15, 0.2) is 5.82 Å². The molecule has 1 aromatic rings. The van der Waals surface area contributed by atoms with E-state index in [0.29, 0.717) is 23.6 Å². The molecule has 0 saturated carbocycles. The summed E-state index contributed by atoms with van der Waals surface area (Å²) in [7, 11) is 1.82. The first-order valence-corrected chi connectivity index (χ1v) is 6.03. The van der Waals surface area contributed by atoms with E-state index >= 15 is 0 Å². The zero-order chi connectivity index (χ0) is 12.3. The van der Waals surface area contributed by atoms with Crippen molar-refractivity contribution in [1.29, 1.82) is 0 Å². The van der Waals surface area contributed by atoms with Crippen molar-refractivity contribution in [3.8, 4) is 0 Å². The molecular weight excluding hydrogens is 288 g/mol. The van der Waals surface area contributed by atoms with Gasteiger partial charge in [-0.3, -0.25) is 4.79 Å². The highest BCUT2D eigenvalue weighted by Gasteiger charge is 2.33. The van der Waals surface area contributed by atoms with Crippen molar-refractivity contribution in [3.63, 3.8) is 0 Å². The van der Waals surface area contributed by atoms with E-state index in [1.165, 1.54) is 12.4 Å². The molecule has 2 heterocycles. The number of amides is 1. The molecular formula is C10H13BrN4O2. The van der Waals surface area contributed by atoms with Gasteiger partial charge in [0.05, 0.1) is 31.5 Å². The Bertz CT molecular complexity index is 398. The smallest absolute Gasteiger partial charge is 0.232 e. The number of carbonyl (C=O) groups excluding carboxylic acids is 1. The van der Waals surface area contributed by atoms with Crippen LogP contribution in [-0.4, -0.2) is 42.2 Å². The lowest BCUT2D eigenvalue weighted by Crippen LogP contribution is -2.39. The Morgan fingerprint density at radius 2 is 2.29 bits per heavy atom. The van der Waals surface area contributed by atoms with Crippen molar-refractivity contribution < 1.29 is 9.53 Å².